The number of carbonyl (C=O) groups is 3. The average molecular weight is 545 g/mol. The van der Waals surface area contributed by atoms with E-state index in [2.05, 4.69) is 41.9 Å². The van der Waals surface area contributed by atoms with Gasteiger partial charge in [-0.2, -0.15) is 0 Å². The molecule has 3 amide bonds. The first-order valence-electron chi connectivity index (χ1n) is 13.6. The molecule has 1 aliphatic rings. The summed E-state index contributed by atoms with van der Waals surface area (Å²) in [4.78, 5) is 41.3. The molecule has 38 heavy (non-hydrogen) atoms. The molecule has 2 aromatic carbocycles. The molecule has 1 unspecified atom stereocenters. The molecule has 2 atom stereocenters. The standard InChI is InChI=1S/C30H44N4O3.ClH/c1-21(2)20-31-15-9-16-32-27(35)25(19-22-13-14-23-10-6-7-11-24(23)18-22)33-28(36)26-12-8-17-34(26)29(37)30(3,4)5;/h6-7,10-11,13-14,18,21,25-26,31H,8-9,12,15-17,19-20H2,1-5H3,(H,32,35)(H,33,36);1H/t25-,26?;/m1./s1. The van der Waals surface area contributed by atoms with Crippen LogP contribution in [0.2, 0.25) is 0 Å². The lowest BCUT2D eigenvalue weighted by atomic mass is 9.94. The fourth-order valence-electron chi connectivity index (χ4n) is 4.73. The topological polar surface area (TPSA) is 90.5 Å². The Balaban J connectivity index is 0.00000507. The number of fused-ring (bicyclic) bond motifs is 1. The van der Waals surface area contributed by atoms with Crippen LogP contribution in [0.5, 0.6) is 0 Å². The second kappa shape index (κ2) is 14.5. The first-order chi connectivity index (χ1) is 17.6. The molecule has 210 valence electrons. The Morgan fingerprint density at radius 3 is 2.42 bits per heavy atom. The molecular formula is C30H45ClN4O3. The Hall–Kier alpha value is -2.64. The summed E-state index contributed by atoms with van der Waals surface area (Å²) in [5.41, 5.74) is 0.417. The Bertz CT molecular complexity index is 1080. The fourth-order valence-corrected chi connectivity index (χ4v) is 4.73. The summed E-state index contributed by atoms with van der Waals surface area (Å²) in [7, 11) is 0. The van der Waals surface area contributed by atoms with Gasteiger partial charge < -0.3 is 20.9 Å². The van der Waals surface area contributed by atoms with Crippen LogP contribution in [0, 0.1) is 11.3 Å². The third kappa shape index (κ3) is 8.98. The first kappa shape index (κ1) is 31.6. The maximum atomic E-state index is 13.4. The minimum atomic E-state index is -0.718. The highest BCUT2D eigenvalue weighted by molar-refractivity contribution is 5.93. The second-order valence-electron chi connectivity index (χ2n) is 11.6. The zero-order valence-electron chi connectivity index (χ0n) is 23.5. The van der Waals surface area contributed by atoms with Gasteiger partial charge in [0.1, 0.15) is 12.1 Å². The molecule has 0 bridgehead atoms. The lowest BCUT2D eigenvalue weighted by Gasteiger charge is -2.31. The predicted molar refractivity (Wildman–Crippen MR) is 156 cm³/mol. The smallest absolute Gasteiger partial charge is 0.243 e. The van der Waals surface area contributed by atoms with E-state index in [4.69, 9.17) is 0 Å². The minimum absolute atomic E-state index is 0. The summed E-state index contributed by atoms with van der Waals surface area (Å²) in [6.45, 7) is 12.8. The summed E-state index contributed by atoms with van der Waals surface area (Å²) in [6, 6.07) is 13.0. The lowest BCUT2D eigenvalue weighted by Crippen LogP contribution is -2.55. The van der Waals surface area contributed by atoms with E-state index >= 15 is 0 Å². The van der Waals surface area contributed by atoms with E-state index in [0.29, 0.717) is 31.8 Å². The number of carbonyl (C=O) groups excluding carboxylic acids is 3. The molecule has 7 nitrogen and oxygen atoms in total. The molecule has 8 heteroatoms. The molecule has 1 heterocycles. The molecule has 0 aromatic heterocycles. The van der Waals surface area contributed by atoms with Crippen molar-refractivity contribution >= 4 is 40.9 Å². The number of nitrogens with one attached hydrogen (secondary N) is 3. The van der Waals surface area contributed by atoms with Crippen LogP contribution in [-0.2, 0) is 20.8 Å². The highest BCUT2D eigenvalue weighted by atomic mass is 35.5. The summed E-state index contributed by atoms with van der Waals surface area (Å²) >= 11 is 0. The molecule has 0 saturated carbocycles. The van der Waals surface area contributed by atoms with Crippen molar-refractivity contribution in [3.05, 3.63) is 48.0 Å². The molecule has 1 saturated heterocycles. The maximum Gasteiger partial charge on any atom is 0.243 e. The van der Waals surface area contributed by atoms with Crippen LogP contribution in [0.25, 0.3) is 10.8 Å². The SMILES string of the molecule is CC(C)CNCCCNC(=O)[C@@H](Cc1ccc2ccccc2c1)NC(=O)C1CCCN1C(=O)C(C)(C)C.Cl. The van der Waals surface area contributed by atoms with E-state index < -0.39 is 17.5 Å². The Morgan fingerprint density at radius 2 is 1.74 bits per heavy atom. The summed E-state index contributed by atoms with van der Waals surface area (Å²) < 4.78 is 0. The minimum Gasteiger partial charge on any atom is -0.354 e. The molecule has 1 fully saturated rings. The highest BCUT2D eigenvalue weighted by Crippen LogP contribution is 2.26. The third-order valence-electron chi connectivity index (χ3n) is 6.73. The molecule has 0 radical (unpaired) electrons. The summed E-state index contributed by atoms with van der Waals surface area (Å²) in [6.07, 6.45) is 2.59. The number of likely N-dealkylation sites (tertiary alicyclic amines) is 1. The van der Waals surface area contributed by atoms with Crippen LogP contribution in [-0.4, -0.2) is 60.9 Å². The van der Waals surface area contributed by atoms with Gasteiger partial charge >= 0.3 is 0 Å². The molecule has 2 aromatic rings. The van der Waals surface area contributed by atoms with Gasteiger partial charge in [0.05, 0.1) is 0 Å². The fraction of sp³-hybridized carbons (Fsp3) is 0.567. The largest absolute Gasteiger partial charge is 0.354 e. The average Bonchev–Trinajstić information content (AvgIpc) is 3.34. The molecule has 3 rings (SSSR count). The maximum absolute atomic E-state index is 13.4. The number of hydrogen-bond acceptors (Lipinski definition) is 4. The Kier molecular flexibility index (Phi) is 12.0. The second-order valence-corrected chi connectivity index (χ2v) is 11.6. The predicted octanol–water partition coefficient (Wildman–Crippen LogP) is 4.08. The number of halogens is 1. The van der Waals surface area contributed by atoms with Gasteiger partial charge in [-0.05, 0) is 54.6 Å². The molecule has 3 N–H and O–H groups in total. The number of hydrogen-bond donors (Lipinski definition) is 3. The third-order valence-corrected chi connectivity index (χ3v) is 6.73. The Morgan fingerprint density at radius 1 is 1.03 bits per heavy atom. The van der Waals surface area contributed by atoms with Gasteiger partial charge in [0.2, 0.25) is 17.7 Å². The quantitative estimate of drug-likeness (QED) is 0.372. The van der Waals surface area contributed by atoms with Crippen LogP contribution in [0.15, 0.2) is 42.5 Å². The van der Waals surface area contributed by atoms with Gasteiger partial charge in [0, 0.05) is 24.9 Å². The van der Waals surface area contributed by atoms with Crippen molar-refractivity contribution in [3.63, 3.8) is 0 Å². The van der Waals surface area contributed by atoms with Crippen molar-refractivity contribution < 1.29 is 14.4 Å². The highest BCUT2D eigenvalue weighted by Gasteiger charge is 2.39. The van der Waals surface area contributed by atoms with Gasteiger partial charge in [-0.25, -0.2) is 0 Å². The van der Waals surface area contributed by atoms with Gasteiger partial charge in [-0.1, -0.05) is 77.1 Å². The van der Waals surface area contributed by atoms with E-state index in [1.165, 1.54) is 0 Å². The number of rotatable bonds is 11. The Labute approximate surface area is 233 Å². The van der Waals surface area contributed by atoms with Crippen molar-refractivity contribution in [3.8, 4) is 0 Å². The van der Waals surface area contributed by atoms with Crippen molar-refractivity contribution in [2.75, 3.05) is 26.2 Å². The molecular weight excluding hydrogens is 500 g/mol. The van der Waals surface area contributed by atoms with Crippen LogP contribution >= 0.6 is 12.4 Å². The molecule has 1 aliphatic heterocycles. The zero-order valence-corrected chi connectivity index (χ0v) is 24.3. The van der Waals surface area contributed by atoms with E-state index in [-0.39, 0.29) is 30.1 Å². The van der Waals surface area contributed by atoms with Crippen LogP contribution in [0.3, 0.4) is 0 Å². The lowest BCUT2D eigenvalue weighted by molar-refractivity contribution is -0.145. The summed E-state index contributed by atoms with van der Waals surface area (Å²) in [5, 5.41) is 11.6. The van der Waals surface area contributed by atoms with Crippen LogP contribution in [0.4, 0.5) is 0 Å². The number of nitrogens with zero attached hydrogens (tertiary/aromatic N) is 1. The van der Waals surface area contributed by atoms with Gasteiger partial charge in [-0.15, -0.1) is 12.4 Å². The molecule has 0 aliphatic carbocycles. The van der Waals surface area contributed by atoms with Gasteiger partial charge in [-0.3, -0.25) is 14.4 Å². The monoisotopic (exact) mass is 544 g/mol. The van der Waals surface area contributed by atoms with E-state index in [0.717, 1.165) is 42.3 Å². The number of benzene rings is 2. The first-order valence-corrected chi connectivity index (χ1v) is 13.6. The van der Waals surface area contributed by atoms with Crippen molar-refractivity contribution in [1.29, 1.82) is 0 Å². The van der Waals surface area contributed by atoms with E-state index in [9.17, 15) is 14.4 Å². The van der Waals surface area contributed by atoms with Crippen molar-refractivity contribution in [2.45, 2.75) is 72.4 Å². The normalized spacial score (nSPS) is 16.3. The zero-order chi connectivity index (χ0) is 27.0. The molecule has 0 spiro atoms. The van der Waals surface area contributed by atoms with Crippen LogP contribution < -0.4 is 16.0 Å². The van der Waals surface area contributed by atoms with Crippen molar-refractivity contribution in [2.24, 2.45) is 11.3 Å². The number of amides is 3. The van der Waals surface area contributed by atoms with E-state index in [1.807, 2.05) is 51.1 Å². The van der Waals surface area contributed by atoms with Gasteiger partial charge in [0.15, 0.2) is 0 Å². The van der Waals surface area contributed by atoms with Gasteiger partial charge in [0.25, 0.3) is 0 Å². The van der Waals surface area contributed by atoms with E-state index in [1.54, 1.807) is 4.90 Å². The van der Waals surface area contributed by atoms with Crippen molar-refractivity contribution in [1.82, 2.24) is 20.9 Å². The van der Waals surface area contributed by atoms with Crippen LogP contribution in [0.1, 0.15) is 59.4 Å². The summed E-state index contributed by atoms with van der Waals surface area (Å²) in [5.74, 6) is 0.0951.